The first-order valence-electron chi connectivity index (χ1n) is 6.98. The average Bonchev–Trinajstić information content (AvgIpc) is 2.56. The van der Waals surface area contributed by atoms with Gasteiger partial charge >= 0.3 is 0 Å². The van der Waals surface area contributed by atoms with Crippen molar-refractivity contribution in [2.45, 2.75) is 4.90 Å². The Labute approximate surface area is 153 Å². The number of fused-ring (bicyclic) bond motifs is 1. The van der Waals surface area contributed by atoms with E-state index in [9.17, 15) is 18.3 Å². The van der Waals surface area contributed by atoms with Gasteiger partial charge in [-0.05, 0) is 30.3 Å². The number of halogens is 2. The second kappa shape index (κ2) is 6.38. The van der Waals surface area contributed by atoms with E-state index in [0.717, 1.165) is 0 Å². The molecule has 0 spiro atoms. The van der Waals surface area contributed by atoms with Crippen molar-refractivity contribution in [3.05, 3.63) is 45.9 Å². The molecule has 3 rings (SSSR count). The number of rotatable bonds is 2. The highest BCUT2D eigenvalue weighted by molar-refractivity contribution is 7.89. The van der Waals surface area contributed by atoms with Crippen LogP contribution in [0, 0.1) is 0 Å². The molecule has 0 saturated heterocycles. The number of amides is 1. The lowest BCUT2D eigenvalue weighted by molar-refractivity contribution is 0.0976. The third-order valence-corrected chi connectivity index (χ3v) is 5.12. The van der Waals surface area contributed by atoms with Crippen molar-refractivity contribution >= 4 is 44.8 Å². The van der Waals surface area contributed by atoms with Gasteiger partial charge in [-0.2, -0.15) is 0 Å². The molecule has 1 aliphatic rings. The largest absolute Gasteiger partial charge is 0.505 e. The van der Waals surface area contributed by atoms with Crippen LogP contribution in [0.4, 0.5) is 5.69 Å². The Morgan fingerprint density at radius 1 is 1.20 bits per heavy atom. The molecule has 0 fully saturated rings. The second-order valence-corrected chi connectivity index (χ2v) is 7.64. The van der Waals surface area contributed by atoms with Gasteiger partial charge in [0.05, 0.1) is 27.2 Å². The quantitative estimate of drug-likeness (QED) is 0.800. The summed E-state index contributed by atoms with van der Waals surface area (Å²) in [5, 5.41) is 14.6. The van der Waals surface area contributed by atoms with Gasteiger partial charge < -0.3 is 14.7 Å². The van der Waals surface area contributed by atoms with Crippen LogP contribution in [0.3, 0.4) is 0 Å². The predicted octanol–water partition coefficient (Wildman–Crippen LogP) is 2.39. The maximum atomic E-state index is 12.8. The topological polar surface area (TPSA) is 110 Å². The average molecular weight is 403 g/mol. The van der Waals surface area contributed by atoms with E-state index in [-0.39, 0.29) is 45.1 Å². The van der Waals surface area contributed by atoms with Gasteiger partial charge in [0.2, 0.25) is 10.0 Å². The normalized spacial score (nSPS) is 14.0. The number of carbonyl (C=O) groups excluding carboxylic acids is 1. The summed E-state index contributed by atoms with van der Waals surface area (Å²) in [6, 6.07) is 6.57. The third-order valence-electron chi connectivity index (χ3n) is 3.63. The molecule has 0 radical (unpaired) electrons. The van der Waals surface area contributed by atoms with E-state index in [1.165, 1.54) is 35.2 Å². The second-order valence-electron chi connectivity index (χ2n) is 5.27. The highest BCUT2D eigenvalue weighted by Crippen LogP contribution is 2.37. The number of nitrogens with two attached hydrogens (primary N) is 1. The summed E-state index contributed by atoms with van der Waals surface area (Å²) in [5.41, 5.74) is 0.407. The summed E-state index contributed by atoms with van der Waals surface area (Å²) in [5.74, 6) is -0.443. The molecule has 0 aliphatic carbocycles. The lowest BCUT2D eigenvalue weighted by atomic mass is 10.1. The van der Waals surface area contributed by atoms with Crippen LogP contribution in [0.2, 0.25) is 10.0 Å². The van der Waals surface area contributed by atoms with Crippen molar-refractivity contribution in [2.24, 2.45) is 5.14 Å². The summed E-state index contributed by atoms with van der Waals surface area (Å²) in [6.07, 6.45) is 0. The van der Waals surface area contributed by atoms with E-state index in [4.69, 9.17) is 33.1 Å². The number of primary sulfonamides is 1. The Kier molecular flexibility index (Phi) is 4.54. The molecule has 25 heavy (non-hydrogen) atoms. The zero-order chi connectivity index (χ0) is 18.4. The van der Waals surface area contributed by atoms with E-state index in [2.05, 4.69) is 0 Å². The Hall–Kier alpha value is -2.00. The first-order chi connectivity index (χ1) is 11.7. The number of hydrogen-bond donors (Lipinski definition) is 2. The molecule has 0 saturated carbocycles. The molecular weight excluding hydrogens is 391 g/mol. The van der Waals surface area contributed by atoms with Crippen LogP contribution in [0.25, 0.3) is 0 Å². The number of phenols is 1. The standard InChI is InChI=1S/C15H12Cl2N2O5S/c16-10-5-8(6-11(17)14(10)20)15(21)19-3-4-24-13-2-1-9(7-12(13)19)25(18,22)23/h1-2,5-7,20H,3-4H2,(H2,18,22,23). The Bertz CT molecular complexity index is 955. The van der Waals surface area contributed by atoms with Crippen LogP contribution in [0.1, 0.15) is 10.4 Å². The summed E-state index contributed by atoms with van der Waals surface area (Å²) >= 11 is 11.7. The molecule has 2 aromatic carbocycles. The minimum atomic E-state index is -3.94. The number of carbonyl (C=O) groups is 1. The van der Waals surface area contributed by atoms with Crippen molar-refractivity contribution in [1.82, 2.24) is 0 Å². The maximum Gasteiger partial charge on any atom is 0.258 e. The molecule has 2 aromatic rings. The minimum absolute atomic E-state index is 0.0670. The van der Waals surface area contributed by atoms with Crippen LogP contribution in [-0.2, 0) is 10.0 Å². The number of anilines is 1. The fourth-order valence-corrected chi connectivity index (χ4v) is 3.45. The van der Waals surface area contributed by atoms with E-state index < -0.39 is 15.9 Å². The highest BCUT2D eigenvalue weighted by atomic mass is 35.5. The van der Waals surface area contributed by atoms with E-state index >= 15 is 0 Å². The van der Waals surface area contributed by atoms with E-state index in [1.54, 1.807) is 0 Å². The summed E-state index contributed by atoms with van der Waals surface area (Å²) < 4.78 is 28.6. The van der Waals surface area contributed by atoms with Crippen LogP contribution in [-0.4, -0.2) is 32.6 Å². The molecule has 0 atom stereocenters. The molecule has 1 heterocycles. The molecular formula is C15H12Cl2N2O5S. The molecule has 0 bridgehead atoms. The van der Waals surface area contributed by atoms with Crippen LogP contribution < -0.4 is 14.8 Å². The van der Waals surface area contributed by atoms with Crippen LogP contribution in [0.5, 0.6) is 11.5 Å². The number of aromatic hydroxyl groups is 1. The zero-order valence-corrected chi connectivity index (χ0v) is 14.9. The molecule has 7 nitrogen and oxygen atoms in total. The molecule has 0 unspecified atom stereocenters. The fourth-order valence-electron chi connectivity index (χ4n) is 2.43. The third kappa shape index (κ3) is 3.38. The van der Waals surface area contributed by atoms with Crippen LogP contribution >= 0.6 is 23.2 Å². The number of phenolic OH excluding ortho intramolecular Hbond substituents is 1. The first kappa shape index (κ1) is 17.8. The minimum Gasteiger partial charge on any atom is -0.505 e. The van der Waals surface area contributed by atoms with Gasteiger partial charge in [0, 0.05) is 5.56 Å². The Morgan fingerprint density at radius 3 is 2.44 bits per heavy atom. The number of sulfonamides is 1. The van der Waals surface area contributed by atoms with Crippen LogP contribution in [0.15, 0.2) is 35.2 Å². The van der Waals surface area contributed by atoms with Crippen molar-refractivity contribution in [3.8, 4) is 11.5 Å². The number of nitrogens with zero attached hydrogens (tertiary/aromatic N) is 1. The first-order valence-corrected chi connectivity index (χ1v) is 9.28. The van der Waals surface area contributed by atoms with Crippen molar-refractivity contribution in [1.29, 1.82) is 0 Å². The van der Waals surface area contributed by atoms with Gasteiger partial charge in [-0.1, -0.05) is 23.2 Å². The fraction of sp³-hybridized carbons (Fsp3) is 0.133. The number of hydrogen-bond acceptors (Lipinski definition) is 5. The number of ether oxygens (including phenoxy) is 1. The molecule has 0 aromatic heterocycles. The number of benzene rings is 2. The van der Waals surface area contributed by atoms with Crippen molar-refractivity contribution in [2.75, 3.05) is 18.1 Å². The highest BCUT2D eigenvalue weighted by Gasteiger charge is 2.27. The molecule has 10 heteroatoms. The summed E-state index contributed by atoms with van der Waals surface area (Å²) in [4.78, 5) is 14.0. The maximum absolute atomic E-state index is 12.8. The smallest absolute Gasteiger partial charge is 0.258 e. The monoisotopic (exact) mass is 402 g/mol. The van der Waals surface area contributed by atoms with Gasteiger partial charge in [0.1, 0.15) is 12.4 Å². The lowest BCUT2D eigenvalue weighted by Crippen LogP contribution is -2.38. The zero-order valence-electron chi connectivity index (χ0n) is 12.6. The molecule has 132 valence electrons. The van der Waals surface area contributed by atoms with E-state index in [1.807, 2.05) is 0 Å². The van der Waals surface area contributed by atoms with Gasteiger partial charge in [-0.3, -0.25) is 4.79 Å². The summed E-state index contributed by atoms with van der Waals surface area (Å²) in [6.45, 7) is 0.420. The van der Waals surface area contributed by atoms with Gasteiger partial charge in [-0.15, -0.1) is 0 Å². The lowest BCUT2D eigenvalue weighted by Gasteiger charge is -2.30. The van der Waals surface area contributed by atoms with Crippen molar-refractivity contribution in [3.63, 3.8) is 0 Å². The predicted molar refractivity (Wildman–Crippen MR) is 93.1 cm³/mol. The van der Waals surface area contributed by atoms with Gasteiger partial charge in [0.15, 0.2) is 5.75 Å². The van der Waals surface area contributed by atoms with Crippen molar-refractivity contribution < 1.29 is 23.1 Å². The molecule has 3 N–H and O–H groups in total. The van der Waals surface area contributed by atoms with Gasteiger partial charge in [0.25, 0.3) is 5.91 Å². The molecule has 1 aliphatic heterocycles. The van der Waals surface area contributed by atoms with E-state index in [0.29, 0.717) is 5.75 Å². The Morgan fingerprint density at radius 2 is 1.84 bits per heavy atom. The summed E-state index contributed by atoms with van der Waals surface area (Å²) in [7, 11) is -3.94. The molecule has 1 amide bonds. The Balaban J connectivity index is 2.07. The van der Waals surface area contributed by atoms with Gasteiger partial charge in [-0.25, -0.2) is 13.6 Å². The SMILES string of the molecule is NS(=O)(=O)c1ccc2c(c1)N(C(=O)c1cc(Cl)c(O)c(Cl)c1)CCO2.